The fraction of sp³-hybridized carbons (Fsp3) is 0.600. The van der Waals surface area contributed by atoms with Crippen molar-refractivity contribution in [2.45, 2.75) is 39.3 Å². The number of hydrogen-bond donors (Lipinski definition) is 3. The Kier molecular flexibility index (Phi) is 9.35. The monoisotopic (exact) mass is 427 g/mol. The van der Waals surface area contributed by atoms with Gasteiger partial charge in [-0.25, -0.2) is 0 Å². The molecule has 1 aromatic carbocycles. The first kappa shape index (κ1) is 22.8. The summed E-state index contributed by atoms with van der Waals surface area (Å²) in [5.74, 6) is 0.854. The molecule has 1 heterocycles. The molecule has 156 valence electrons. The summed E-state index contributed by atoms with van der Waals surface area (Å²) in [7, 11) is 1.77. The van der Waals surface area contributed by atoms with Gasteiger partial charge in [0, 0.05) is 51.7 Å². The zero-order valence-electron chi connectivity index (χ0n) is 16.9. The Morgan fingerprint density at radius 1 is 1.18 bits per heavy atom. The maximum atomic E-state index is 11.6. The van der Waals surface area contributed by atoms with Gasteiger partial charge in [0.15, 0.2) is 5.96 Å². The highest BCUT2D eigenvalue weighted by molar-refractivity contribution is 6.42. The van der Waals surface area contributed by atoms with Crippen molar-refractivity contribution in [2.24, 2.45) is 10.9 Å². The lowest BCUT2D eigenvalue weighted by atomic mass is 10.0. The molecule has 0 saturated carbocycles. The van der Waals surface area contributed by atoms with Crippen LogP contribution >= 0.6 is 23.2 Å². The molecule has 1 aromatic rings. The molecule has 0 unspecified atom stereocenters. The molecule has 0 aromatic heterocycles. The van der Waals surface area contributed by atoms with Crippen LogP contribution in [0.3, 0.4) is 0 Å². The van der Waals surface area contributed by atoms with Crippen LogP contribution in [0.2, 0.25) is 10.0 Å². The van der Waals surface area contributed by atoms with Gasteiger partial charge < -0.3 is 16.0 Å². The van der Waals surface area contributed by atoms with Crippen LogP contribution < -0.4 is 16.0 Å². The van der Waals surface area contributed by atoms with Gasteiger partial charge in [0.05, 0.1) is 10.0 Å². The number of hydrogen-bond acceptors (Lipinski definition) is 3. The van der Waals surface area contributed by atoms with E-state index in [2.05, 4.69) is 25.8 Å². The number of carbonyl (C=O) groups excluding carboxylic acids is 1. The van der Waals surface area contributed by atoms with E-state index in [-0.39, 0.29) is 11.8 Å². The van der Waals surface area contributed by atoms with Gasteiger partial charge in [-0.1, -0.05) is 43.1 Å². The van der Waals surface area contributed by atoms with E-state index in [1.54, 1.807) is 7.05 Å². The smallest absolute Gasteiger partial charge is 0.222 e. The molecule has 6 nitrogen and oxygen atoms in total. The van der Waals surface area contributed by atoms with E-state index in [1.165, 1.54) is 5.56 Å². The quantitative estimate of drug-likeness (QED) is 0.355. The molecule has 1 saturated heterocycles. The standard InChI is InChI=1S/C20H31Cl2N5O/c1-14(2)19(28)24-8-9-25-20(23-3)26-16-6-10-27(11-7-16)13-15-4-5-17(21)18(22)12-15/h4-5,12,14,16H,6-11,13H2,1-3H3,(H,24,28)(H2,23,25,26). The Morgan fingerprint density at radius 2 is 1.86 bits per heavy atom. The van der Waals surface area contributed by atoms with E-state index in [1.807, 2.05) is 32.0 Å². The Morgan fingerprint density at radius 3 is 2.46 bits per heavy atom. The normalized spacial score (nSPS) is 16.3. The average Bonchev–Trinajstić information content (AvgIpc) is 2.68. The molecule has 3 N–H and O–H groups in total. The number of nitrogens with one attached hydrogen (secondary N) is 3. The number of carbonyl (C=O) groups is 1. The SMILES string of the molecule is CN=C(NCCNC(=O)C(C)C)NC1CCN(Cc2ccc(Cl)c(Cl)c2)CC1. The highest BCUT2D eigenvalue weighted by Crippen LogP contribution is 2.24. The highest BCUT2D eigenvalue weighted by Gasteiger charge is 2.20. The van der Waals surface area contributed by atoms with Gasteiger partial charge in [-0.15, -0.1) is 0 Å². The maximum absolute atomic E-state index is 11.6. The fourth-order valence-corrected chi connectivity index (χ4v) is 3.41. The van der Waals surface area contributed by atoms with Crippen molar-refractivity contribution in [3.8, 4) is 0 Å². The largest absolute Gasteiger partial charge is 0.355 e. The number of halogens is 2. The molecule has 0 radical (unpaired) electrons. The molecule has 0 aliphatic carbocycles. The number of benzene rings is 1. The third kappa shape index (κ3) is 7.49. The molecule has 0 atom stereocenters. The lowest BCUT2D eigenvalue weighted by Crippen LogP contribution is -2.49. The number of piperidine rings is 1. The van der Waals surface area contributed by atoms with Crippen molar-refractivity contribution < 1.29 is 4.79 Å². The van der Waals surface area contributed by atoms with E-state index < -0.39 is 0 Å². The minimum atomic E-state index is 0.00604. The number of likely N-dealkylation sites (tertiary alicyclic amines) is 1. The zero-order valence-corrected chi connectivity index (χ0v) is 18.4. The molecule has 1 fully saturated rings. The van der Waals surface area contributed by atoms with Crippen LogP contribution in [-0.4, -0.2) is 56.0 Å². The molecule has 1 aliphatic rings. The van der Waals surface area contributed by atoms with Crippen molar-refractivity contribution in [1.29, 1.82) is 0 Å². The van der Waals surface area contributed by atoms with Crippen LogP contribution in [-0.2, 0) is 11.3 Å². The van der Waals surface area contributed by atoms with Gasteiger partial charge in [-0.2, -0.15) is 0 Å². The second-order valence-corrected chi connectivity index (χ2v) is 8.20. The van der Waals surface area contributed by atoms with Gasteiger partial charge in [0.1, 0.15) is 0 Å². The number of nitrogens with zero attached hydrogens (tertiary/aromatic N) is 2. The molecule has 0 bridgehead atoms. The lowest BCUT2D eigenvalue weighted by molar-refractivity contribution is -0.123. The summed E-state index contributed by atoms with van der Waals surface area (Å²) < 4.78 is 0. The molecule has 28 heavy (non-hydrogen) atoms. The second-order valence-electron chi connectivity index (χ2n) is 7.39. The minimum Gasteiger partial charge on any atom is -0.355 e. The summed E-state index contributed by atoms with van der Waals surface area (Å²) in [5, 5.41) is 10.8. The number of rotatable bonds is 7. The van der Waals surface area contributed by atoms with Crippen LogP contribution in [0.1, 0.15) is 32.3 Å². The predicted octanol–water partition coefficient (Wildman–Crippen LogP) is 2.90. The summed E-state index contributed by atoms with van der Waals surface area (Å²) in [6.45, 7) is 7.91. The van der Waals surface area contributed by atoms with E-state index in [0.717, 1.165) is 38.4 Å². The Labute approximate surface area is 178 Å². The van der Waals surface area contributed by atoms with Crippen molar-refractivity contribution in [1.82, 2.24) is 20.9 Å². The van der Waals surface area contributed by atoms with Crippen LogP contribution in [0.5, 0.6) is 0 Å². The van der Waals surface area contributed by atoms with Gasteiger partial charge >= 0.3 is 0 Å². The minimum absolute atomic E-state index is 0.00604. The predicted molar refractivity (Wildman–Crippen MR) is 117 cm³/mol. The van der Waals surface area contributed by atoms with Crippen molar-refractivity contribution in [3.05, 3.63) is 33.8 Å². The first-order chi connectivity index (χ1) is 13.4. The number of guanidine groups is 1. The maximum Gasteiger partial charge on any atom is 0.222 e. The number of aliphatic imine (C=N–C) groups is 1. The Hall–Kier alpha value is -1.50. The van der Waals surface area contributed by atoms with Gasteiger partial charge in [0.25, 0.3) is 0 Å². The van der Waals surface area contributed by atoms with E-state index in [0.29, 0.717) is 29.2 Å². The van der Waals surface area contributed by atoms with E-state index in [9.17, 15) is 4.79 Å². The van der Waals surface area contributed by atoms with E-state index in [4.69, 9.17) is 23.2 Å². The molecule has 8 heteroatoms. The second kappa shape index (κ2) is 11.5. The topological polar surface area (TPSA) is 68.8 Å². The molecular formula is C20H31Cl2N5O. The summed E-state index contributed by atoms with van der Waals surface area (Å²) in [4.78, 5) is 18.3. The third-order valence-corrected chi connectivity index (χ3v) is 5.52. The van der Waals surface area contributed by atoms with Crippen molar-refractivity contribution in [3.63, 3.8) is 0 Å². The molecule has 1 amide bonds. The summed E-state index contributed by atoms with van der Waals surface area (Å²) in [6.07, 6.45) is 2.10. The fourth-order valence-electron chi connectivity index (χ4n) is 3.09. The highest BCUT2D eigenvalue weighted by atomic mass is 35.5. The molecular weight excluding hydrogens is 397 g/mol. The third-order valence-electron chi connectivity index (χ3n) is 4.78. The van der Waals surface area contributed by atoms with E-state index >= 15 is 0 Å². The van der Waals surface area contributed by atoms with Gasteiger partial charge in [-0.05, 0) is 30.5 Å². The first-order valence-corrected chi connectivity index (χ1v) is 10.6. The Balaban J connectivity index is 1.68. The molecule has 0 spiro atoms. The van der Waals surface area contributed by atoms with Gasteiger partial charge in [0.2, 0.25) is 5.91 Å². The molecule has 1 aliphatic heterocycles. The van der Waals surface area contributed by atoms with Crippen LogP contribution in [0.15, 0.2) is 23.2 Å². The first-order valence-electron chi connectivity index (χ1n) is 9.80. The number of amides is 1. The lowest BCUT2D eigenvalue weighted by Gasteiger charge is -2.33. The van der Waals surface area contributed by atoms with Crippen molar-refractivity contribution in [2.75, 3.05) is 33.2 Å². The summed E-state index contributed by atoms with van der Waals surface area (Å²) in [6, 6.07) is 6.22. The van der Waals surface area contributed by atoms with Crippen LogP contribution in [0, 0.1) is 5.92 Å². The average molecular weight is 428 g/mol. The van der Waals surface area contributed by atoms with Crippen LogP contribution in [0.4, 0.5) is 0 Å². The van der Waals surface area contributed by atoms with Crippen LogP contribution in [0.25, 0.3) is 0 Å². The summed E-state index contributed by atoms with van der Waals surface area (Å²) >= 11 is 12.1. The summed E-state index contributed by atoms with van der Waals surface area (Å²) in [5.41, 5.74) is 1.18. The zero-order chi connectivity index (χ0) is 20.5. The molecule has 2 rings (SSSR count). The van der Waals surface area contributed by atoms with Crippen molar-refractivity contribution >= 4 is 35.1 Å². The van der Waals surface area contributed by atoms with Gasteiger partial charge in [-0.3, -0.25) is 14.7 Å². The Bertz CT molecular complexity index is 673.